The number of aliphatic hydroxyl groups is 1. The summed E-state index contributed by atoms with van der Waals surface area (Å²) in [5.74, 6) is -1.67. The maximum absolute atomic E-state index is 13.6. The molecule has 3 rings (SSSR count). The van der Waals surface area contributed by atoms with Crippen LogP contribution in [-0.2, 0) is 37.7 Å². The van der Waals surface area contributed by atoms with Gasteiger partial charge in [0.15, 0.2) is 14.1 Å². The summed E-state index contributed by atoms with van der Waals surface area (Å²) in [4.78, 5) is 26.9. The van der Waals surface area contributed by atoms with E-state index in [1.54, 1.807) is 19.3 Å². The zero-order valence-electron chi connectivity index (χ0n) is 38.8. The number of hydrogen-bond donors (Lipinski definition) is 1. The second-order valence-electron chi connectivity index (χ2n) is 21.0. The first-order valence-electron chi connectivity index (χ1n) is 21.8. The smallest absolute Gasteiger partial charge is 0.336 e. The van der Waals surface area contributed by atoms with Crippen LogP contribution in [0.15, 0.2) is 35.5 Å². The number of carbonyl (C=O) groups is 2. The Kier molecular flexibility index (Phi) is 17.7. The summed E-state index contributed by atoms with van der Waals surface area (Å²) in [6.07, 6.45) is 13.2. The van der Waals surface area contributed by atoms with E-state index in [0.29, 0.717) is 24.9 Å². The van der Waals surface area contributed by atoms with Gasteiger partial charge in [-0.3, -0.25) is 4.79 Å². The van der Waals surface area contributed by atoms with Gasteiger partial charge in [0.05, 0.1) is 49.6 Å². The highest BCUT2D eigenvalue weighted by molar-refractivity contribution is 6.76. The molecule has 1 saturated carbocycles. The zero-order valence-corrected chi connectivity index (χ0v) is 40.8. The monoisotopic (exact) mass is 835 g/mol. The van der Waals surface area contributed by atoms with Crippen molar-refractivity contribution in [2.75, 3.05) is 20.8 Å². The number of carbonyl (C=O) groups excluding carboxylic acids is 2. The van der Waals surface area contributed by atoms with E-state index in [4.69, 9.17) is 28.1 Å². The molecule has 0 amide bonds. The van der Waals surface area contributed by atoms with Crippen LogP contribution in [0, 0.1) is 29.6 Å². The Hall–Kier alpha value is -1.61. The van der Waals surface area contributed by atoms with Crippen molar-refractivity contribution >= 4 is 28.3 Å². The van der Waals surface area contributed by atoms with Crippen LogP contribution in [0.4, 0.5) is 0 Å². The van der Waals surface area contributed by atoms with Crippen LogP contribution in [0.2, 0.25) is 43.8 Å². The van der Waals surface area contributed by atoms with Gasteiger partial charge in [-0.05, 0) is 93.0 Å². The Bertz CT molecular complexity index is 1430. The first-order valence-corrected chi connectivity index (χ1v) is 28.5. The molecular formula is C46H82O9Si2. The lowest BCUT2D eigenvalue weighted by Crippen LogP contribution is -2.56. The number of ether oxygens (including phenoxy) is 5. The van der Waals surface area contributed by atoms with Gasteiger partial charge in [0.25, 0.3) is 0 Å². The third kappa shape index (κ3) is 13.7. The van der Waals surface area contributed by atoms with Crippen LogP contribution in [0.1, 0.15) is 114 Å². The van der Waals surface area contributed by atoms with E-state index < -0.39 is 45.6 Å². The van der Waals surface area contributed by atoms with Crippen LogP contribution in [0.5, 0.6) is 0 Å². The highest BCUT2D eigenvalue weighted by Gasteiger charge is 2.54. The van der Waals surface area contributed by atoms with E-state index in [1.807, 2.05) is 13.0 Å². The van der Waals surface area contributed by atoms with Gasteiger partial charge >= 0.3 is 11.9 Å². The molecule has 3 aliphatic rings. The lowest BCUT2D eigenvalue weighted by atomic mass is 9.66. The molecule has 328 valence electrons. The van der Waals surface area contributed by atoms with E-state index >= 15 is 0 Å². The van der Waals surface area contributed by atoms with Crippen LogP contribution >= 0.6 is 0 Å². The van der Waals surface area contributed by atoms with Crippen molar-refractivity contribution < 1.29 is 42.8 Å². The van der Waals surface area contributed by atoms with E-state index in [1.165, 1.54) is 12.7 Å². The Labute approximate surface area is 349 Å². The molecule has 3 fully saturated rings. The van der Waals surface area contributed by atoms with Gasteiger partial charge in [0.2, 0.25) is 0 Å². The summed E-state index contributed by atoms with van der Waals surface area (Å²) in [6.45, 7) is 31.6. The minimum atomic E-state index is -2.01. The number of esters is 2. The van der Waals surface area contributed by atoms with Crippen molar-refractivity contribution in [3.63, 3.8) is 0 Å². The zero-order chi connectivity index (χ0) is 43.1. The average molecular weight is 835 g/mol. The Morgan fingerprint density at radius 2 is 1.65 bits per heavy atom. The molecule has 2 saturated heterocycles. The molecule has 0 radical (unpaired) electrons. The summed E-state index contributed by atoms with van der Waals surface area (Å²) in [5.41, 5.74) is -0.520. The number of hydrogen-bond acceptors (Lipinski definition) is 9. The molecule has 0 aromatic carbocycles. The predicted octanol–water partition coefficient (Wildman–Crippen LogP) is 10.4. The van der Waals surface area contributed by atoms with Crippen LogP contribution < -0.4 is 0 Å². The standard InChI is InChI=1S/C46H82O9Si2/c1-31(2)41-34(5)22-23-45(54-41)29-37(55-57(15,16)44(7,8)9)28-36(53-45)21-20-33(4)26-32(3)18-17-19-38(42(47)51-11)46(49)30-40(50-10)35(6)27-39(46)43(48)52-24-25-56(12,13)14/h17-20,31-32,34-37,39-41,49H,21-30H2,1-16H3/b18-17+,33-20+,38-19+/t32-,34-,35-,36+,37-,39-,40-,41+,45+,46+/m0/s1. The molecule has 0 aromatic heterocycles. The Balaban J connectivity index is 1.79. The summed E-state index contributed by atoms with van der Waals surface area (Å²) >= 11 is 0. The molecule has 2 heterocycles. The normalized spacial score (nSPS) is 32.8. The fourth-order valence-corrected chi connectivity index (χ4v) is 10.8. The lowest BCUT2D eigenvalue weighted by Gasteiger charge is -2.52. The predicted molar refractivity (Wildman–Crippen MR) is 235 cm³/mol. The molecule has 0 aromatic rings. The molecule has 0 unspecified atom stereocenters. The topological polar surface area (TPSA) is 110 Å². The van der Waals surface area contributed by atoms with E-state index in [-0.39, 0.29) is 53.3 Å². The molecule has 0 bridgehead atoms. The van der Waals surface area contributed by atoms with Gasteiger partial charge < -0.3 is 33.2 Å². The second kappa shape index (κ2) is 20.3. The van der Waals surface area contributed by atoms with Gasteiger partial charge in [0, 0.05) is 34.4 Å². The van der Waals surface area contributed by atoms with Gasteiger partial charge in [-0.1, -0.05) is 98.8 Å². The number of allylic oxidation sites excluding steroid dienone is 4. The van der Waals surface area contributed by atoms with Crippen molar-refractivity contribution in [3.05, 3.63) is 35.5 Å². The quantitative estimate of drug-likeness (QED) is 0.0534. The minimum Gasteiger partial charge on any atom is -0.466 e. The molecule has 9 nitrogen and oxygen atoms in total. The molecular weight excluding hydrogens is 753 g/mol. The average Bonchev–Trinajstić information content (AvgIpc) is 3.09. The second-order valence-corrected chi connectivity index (χ2v) is 31.4. The fourth-order valence-electron chi connectivity index (χ4n) is 8.68. The van der Waals surface area contributed by atoms with Crippen LogP contribution in [0.3, 0.4) is 0 Å². The maximum Gasteiger partial charge on any atom is 0.336 e. The van der Waals surface area contributed by atoms with Gasteiger partial charge in [-0.15, -0.1) is 0 Å². The third-order valence-electron chi connectivity index (χ3n) is 13.2. The lowest BCUT2D eigenvalue weighted by molar-refractivity contribution is -0.338. The largest absolute Gasteiger partial charge is 0.466 e. The minimum absolute atomic E-state index is 0.00820. The summed E-state index contributed by atoms with van der Waals surface area (Å²) in [7, 11) is -0.564. The number of methoxy groups -OCH3 is 2. The SMILES string of the molecule is COC(=O)/C(=C\C=C\[C@H](C)C/C(C)=C/C[C@@H]1C[C@H](O[Si](C)(C)C(C)(C)C)C[C@]2(CC[C@H](C)[C@@H](C(C)C)O2)O1)[C@]1(O)C[C@H](OC)[C@@H](C)C[C@H]1C(=O)OCC[Si](C)(C)C. The van der Waals surface area contributed by atoms with E-state index in [0.717, 1.165) is 44.6 Å². The molecule has 1 spiro atoms. The van der Waals surface area contributed by atoms with Crippen molar-refractivity contribution in [2.45, 2.75) is 193 Å². The molecule has 57 heavy (non-hydrogen) atoms. The van der Waals surface area contributed by atoms with E-state index in [9.17, 15) is 14.7 Å². The number of rotatable bonds is 16. The highest BCUT2D eigenvalue weighted by atomic mass is 28.4. The van der Waals surface area contributed by atoms with E-state index in [2.05, 4.69) is 94.2 Å². The van der Waals surface area contributed by atoms with Crippen LogP contribution in [0.25, 0.3) is 0 Å². The van der Waals surface area contributed by atoms with Gasteiger partial charge in [0.1, 0.15) is 5.60 Å². The van der Waals surface area contributed by atoms with Crippen molar-refractivity contribution in [1.82, 2.24) is 0 Å². The molecule has 2 aliphatic heterocycles. The summed E-state index contributed by atoms with van der Waals surface area (Å²) < 4.78 is 37.6. The first-order chi connectivity index (χ1) is 26.3. The highest BCUT2D eigenvalue weighted by Crippen LogP contribution is 2.47. The summed E-state index contributed by atoms with van der Waals surface area (Å²) in [5, 5.41) is 12.4. The summed E-state index contributed by atoms with van der Waals surface area (Å²) in [6, 6.07) is 0.821. The molecule has 1 N–H and O–H groups in total. The Morgan fingerprint density at radius 1 is 0.982 bits per heavy atom. The molecule has 11 heteroatoms. The first kappa shape index (κ1) is 49.8. The van der Waals surface area contributed by atoms with Gasteiger partial charge in [-0.2, -0.15) is 0 Å². The van der Waals surface area contributed by atoms with Crippen molar-refractivity contribution in [2.24, 2.45) is 29.6 Å². The maximum atomic E-state index is 13.6. The van der Waals surface area contributed by atoms with Crippen LogP contribution in [-0.4, -0.2) is 90.1 Å². The van der Waals surface area contributed by atoms with Crippen molar-refractivity contribution in [3.8, 4) is 0 Å². The third-order valence-corrected chi connectivity index (χ3v) is 19.5. The molecule has 1 aliphatic carbocycles. The van der Waals surface area contributed by atoms with Gasteiger partial charge in [-0.25, -0.2) is 4.79 Å². The fraction of sp³-hybridized carbons (Fsp3) is 0.826. The van der Waals surface area contributed by atoms with Crippen molar-refractivity contribution in [1.29, 1.82) is 0 Å². The molecule has 10 atom stereocenters. The Morgan fingerprint density at radius 3 is 2.23 bits per heavy atom.